The lowest BCUT2D eigenvalue weighted by Gasteiger charge is -2.04. The average molecular weight is 307 g/mol. The van der Waals surface area contributed by atoms with Crippen molar-refractivity contribution in [2.45, 2.75) is 6.42 Å². The Labute approximate surface area is 128 Å². The highest BCUT2D eigenvalue weighted by Crippen LogP contribution is 2.12. The minimum Gasteiger partial charge on any atom is -0.497 e. The van der Waals surface area contributed by atoms with Crippen molar-refractivity contribution in [3.63, 3.8) is 0 Å². The van der Waals surface area contributed by atoms with Gasteiger partial charge < -0.3 is 20.1 Å². The molecule has 0 fully saturated rings. The van der Waals surface area contributed by atoms with Crippen LogP contribution in [0.25, 0.3) is 0 Å². The van der Waals surface area contributed by atoms with Crippen LogP contribution in [0.15, 0.2) is 47.4 Å². The lowest BCUT2D eigenvalue weighted by molar-refractivity contribution is -0.119. The van der Waals surface area contributed by atoms with Crippen LogP contribution in [0, 0.1) is 0 Å². The van der Waals surface area contributed by atoms with Crippen LogP contribution >= 0.6 is 11.8 Å². The van der Waals surface area contributed by atoms with Gasteiger partial charge in [0.05, 0.1) is 13.5 Å². The first-order chi connectivity index (χ1) is 10.1. The van der Waals surface area contributed by atoms with Crippen LogP contribution in [0.4, 0.5) is 0 Å². The minimum atomic E-state index is -1.57. The van der Waals surface area contributed by atoms with E-state index >= 15 is 0 Å². The van der Waals surface area contributed by atoms with Gasteiger partial charge in [-0.25, -0.2) is 0 Å². The Balaban J connectivity index is 2.55. The number of benzene rings is 1. The highest BCUT2D eigenvalue weighted by Gasteiger charge is 2.11. The average Bonchev–Trinajstić information content (AvgIpc) is 2.46. The first kappa shape index (κ1) is 17.4. The number of methoxy groups -OCH3 is 1. The molecular formula is C14H18BNO4S. The van der Waals surface area contributed by atoms with E-state index in [4.69, 9.17) is 14.8 Å². The van der Waals surface area contributed by atoms with Crippen LogP contribution in [0.2, 0.25) is 0 Å². The zero-order chi connectivity index (χ0) is 15.7. The Kier molecular flexibility index (Phi) is 7.67. The van der Waals surface area contributed by atoms with Crippen LogP contribution in [0.1, 0.15) is 5.56 Å². The number of thioether (sulfide) groups is 1. The summed E-state index contributed by atoms with van der Waals surface area (Å²) in [5, 5.41) is 22.4. The number of allylic oxidation sites excluding steroid dienone is 2. The van der Waals surface area contributed by atoms with E-state index in [0.29, 0.717) is 11.2 Å². The van der Waals surface area contributed by atoms with E-state index in [1.807, 2.05) is 18.2 Å². The highest BCUT2D eigenvalue weighted by molar-refractivity contribution is 8.01. The number of nitrogens with one attached hydrogen (secondary N) is 1. The maximum absolute atomic E-state index is 11.8. The molecule has 21 heavy (non-hydrogen) atoms. The molecule has 1 rings (SSSR count). The molecule has 0 spiro atoms. The van der Waals surface area contributed by atoms with Crippen molar-refractivity contribution in [1.29, 1.82) is 0 Å². The number of ether oxygens (including phenoxy) is 1. The summed E-state index contributed by atoms with van der Waals surface area (Å²) in [4.78, 5) is 11.8. The monoisotopic (exact) mass is 307 g/mol. The van der Waals surface area contributed by atoms with Gasteiger partial charge in [-0.3, -0.25) is 4.79 Å². The van der Waals surface area contributed by atoms with Crippen molar-refractivity contribution in [3.05, 3.63) is 53.0 Å². The molecule has 7 heteroatoms. The molecule has 112 valence electrons. The molecule has 3 N–H and O–H groups in total. The Morgan fingerprint density at radius 1 is 1.48 bits per heavy atom. The molecule has 0 saturated carbocycles. The van der Waals surface area contributed by atoms with Gasteiger partial charge in [-0.1, -0.05) is 12.1 Å². The van der Waals surface area contributed by atoms with Crippen molar-refractivity contribution in [2.24, 2.45) is 0 Å². The van der Waals surface area contributed by atoms with Crippen molar-refractivity contribution >= 4 is 24.8 Å². The van der Waals surface area contributed by atoms with Crippen LogP contribution < -0.4 is 10.1 Å². The third kappa shape index (κ3) is 6.53. The van der Waals surface area contributed by atoms with Crippen LogP contribution in [-0.2, 0) is 11.2 Å². The highest BCUT2D eigenvalue weighted by atomic mass is 32.2. The number of amides is 1. The van der Waals surface area contributed by atoms with Gasteiger partial charge in [0.2, 0.25) is 5.91 Å². The first-order valence-corrected chi connectivity index (χ1v) is 7.53. The van der Waals surface area contributed by atoms with Gasteiger partial charge in [-0.05, 0) is 40.9 Å². The molecule has 0 heterocycles. The van der Waals surface area contributed by atoms with Crippen LogP contribution in [0.3, 0.4) is 0 Å². The van der Waals surface area contributed by atoms with E-state index < -0.39 is 7.12 Å². The maximum atomic E-state index is 11.8. The van der Waals surface area contributed by atoms with Crippen LogP contribution in [0.5, 0.6) is 5.75 Å². The fourth-order valence-corrected chi connectivity index (χ4v) is 2.04. The summed E-state index contributed by atoms with van der Waals surface area (Å²) < 4.78 is 5.09. The van der Waals surface area contributed by atoms with E-state index in [9.17, 15) is 4.79 Å². The number of carbonyl (C=O) groups is 1. The molecule has 0 atom stereocenters. The van der Waals surface area contributed by atoms with E-state index in [1.54, 1.807) is 24.8 Å². The molecule has 0 aliphatic heterocycles. The molecule has 0 radical (unpaired) electrons. The fraction of sp³-hybridized carbons (Fsp3) is 0.214. The third-order valence-electron chi connectivity index (χ3n) is 2.57. The van der Waals surface area contributed by atoms with Gasteiger partial charge in [0.25, 0.3) is 0 Å². The second-order valence-corrected chi connectivity index (χ2v) is 4.86. The standard InChI is InChI=1S/C14H18BNO4S/c1-20-13-5-3-4-11(8-13)9-14(17)16-7-6-12(10-21-2)15(18)19/h3-8,10,18-19H,9H2,1-2H3,(H,16,17)/b7-6+,12-10+. The summed E-state index contributed by atoms with van der Waals surface area (Å²) in [6.45, 7) is 0. The van der Waals surface area contributed by atoms with Crippen molar-refractivity contribution < 1.29 is 19.6 Å². The molecule has 1 amide bonds. The van der Waals surface area contributed by atoms with Crippen molar-refractivity contribution in [1.82, 2.24) is 5.32 Å². The third-order valence-corrected chi connectivity index (χ3v) is 3.08. The molecule has 0 aromatic heterocycles. The molecular weight excluding hydrogens is 289 g/mol. The predicted octanol–water partition coefficient (Wildman–Crippen LogP) is 1.13. The molecule has 0 unspecified atom stereocenters. The molecule has 1 aromatic carbocycles. The SMILES string of the molecule is COc1cccc(CC(=O)N/C=C/C(=C\SC)B(O)O)c1. The Morgan fingerprint density at radius 3 is 2.86 bits per heavy atom. The second-order valence-electron chi connectivity index (χ2n) is 4.16. The summed E-state index contributed by atoms with van der Waals surface area (Å²) in [7, 11) is 0.00540. The predicted molar refractivity (Wildman–Crippen MR) is 85.8 cm³/mol. The lowest BCUT2D eigenvalue weighted by atomic mass is 9.81. The number of hydrogen-bond donors (Lipinski definition) is 3. The lowest BCUT2D eigenvalue weighted by Crippen LogP contribution is -2.20. The summed E-state index contributed by atoms with van der Waals surface area (Å²) in [6, 6.07) is 7.25. The van der Waals surface area contributed by atoms with Gasteiger partial charge in [-0.15, -0.1) is 11.8 Å². The van der Waals surface area contributed by atoms with E-state index in [-0.39, 0.29) is 12.3 Å². The summed E-state index contributed by atoms with van der Waals surface area (Å²) >= 11 is 1.34. The van der Waals surface area contributed by atoms with E-state index in [1.165, 1.54) is 24.0 Å². The van der Waals surface area contributed by atoms with Gasteiger partial charge in [-0.2, -0.15) is 0 Å². The minimum absolute atomic E-state index is 0.199. The molecule has 0 saturated heterocycles. The largest absolute Gasteiger partial charge is 0.497 e. The summed E-state index contributed by atoms with van der Waals surface area (Å²) in [6.07, 6.45) is 4.86. The number of rotatable bonds is 7. The quantitative estimate of drug-likeness (QED) is 0.520. The zero-order valence-corrected chi connectivity index (χ0v) is 12.8. The van der Waals surface area contributed by atoms with Gasteiger partial charge in [0, 0.05) is 6.20 Å². The molecule has 1 aromatic rings. The Hall–Kier alpha value is -1.70. The first-order valence-electron chi connectivity index (χ1n) is 6.24. The van der Waals surface area contributed by atoms with Gasteiger partial charge in [0.1, 0.15) is 5.75 Å². The van der Waals surface area contributed by atoms with Crippen LogP contribution in [-0.4, -0.2) is 36.4 Å². The van der Waals surface area contributed by atoms with E-state index in [0.717, 1.165) is 5.56 Å². The normalized spacial score (nSPS) is 11.5. The number of carbonyl (C=O) groups excluding carboxylic acids is 1. The fourth-order valence-electron chi connectivity index (χ4n) is 1.57. The maximum Gasteiger partial charge on any atom is 0.489 e. The molecule has 0 bridgehead atoms. The van der Waals surface area contributed by atoms with Crippen molar-refractivity contribution in [2.75, 3.05) is 13.4 Å². The molecule has 5 nitrogen and oxygen atoms in total. The Bertz CT molecular complexity index is 531. The number of hydrogen-bond acceptors (Lipinski definition) is 5. The zero-order valence-electron chi connectivity index (χ0n) is 11.9. The van der Waals surface area contributed by atoms with Gasteiger partial charge >= 0.3 is 7.12 Å². The van der Waals surface area contributed by atoms with Gasteiger partial charge in [0.15, 0.2) is 0 Å². The molecule has 0 aliphatic rings. The topological polar surface area (TPSA) is 78.8 Å². The Morgan fingerprint density at radius 2 is 2.24 bits per heavy atom. The van der Waals surface area contributed by atoms with Crippen molar-refractivity contribution in [3.8, 4) is 5.75 Å². The van der Waals surface area contributed by atoms with E-state index in [2.05, 4.69) is 5.32 Å². The second kappa shape index (κ2) is 9.28. The smallest absolute Gasteiger partial charge is 0.489 e. The summed E-state index contributed by atoms with van der Waals surface area (Å²) in [5.41, 5.74) is 1.14. The molecule has 0 aliphatic carbocycles. The summed E-state index contributed by atoms with van der Waals surface area (Å²) in [5.74, 6) is 0.500.